The van der Waals surface area contributed by atoms with Crippen molar-refractivity contribution in [3.05, 3.63) is 0 Å². The van der Waals surface area contributed by atoms with Crippen LogP contribution in [0, 0.1) is 17.3 Å². The van der Waals surface area contributed by atoms with Gasteiger partial charge in [-0.15, -0.1) is 0 Å². The number of rotatable bonds is 3. The van der Waals surface area contributed by atoms with E-state index in [9.17, 15) is 15.0 Å². The van der Waals surface area contributed by atoms with Gasteiger partial charge < -0.3 is 19.8 Å². The molecule has 3 atom stereocenters. The van der Waals surface area contributed by atoms with E-state index < -0.39 is 5.60 Å². The molecule has 2 N–H and O–H groups in total. The third-order valence-corrected chi connectivity index (χ3v) is 5.48. The first-order valence-corrected chi connectivity index (χ1v) is 7.22. The summed E-state index contributed by atoms with van der Waals surface area (Å²) in [4.78, 5) is 14.4. The highest BCUT2D eigenvalue weighted by Gasteiger charge is 2.68. The second kappa shape index (κ2) is 4.43. The van der Waals surface area contributed by atoms with Gasteiger partial charge in [-0.3, -0.25) is 4.79 Å². The highest BCUT2D eigenvalue weighted by Crippen LogP contribution is 2.62. The molecule has 0 aromatic rings. The molecule has 3 fully saturated rings. The van der Waals surface area contributed by atoms with Gasteiger partial charge in [0.1, 0.15) is 5.60 Å². The summed E-state index contributed by atoms with van der Waals surface area (Å²) >= 11 is 0. The van der Waals surface area contributed by atoms with Gasteiger partial charge in [-0.1, -0.05) is 0 Å². The minimum Gasteiger partial charge on any atom is -0.396 e. The molecule has 1 aliphatic carbocycles. The predicted molar refractivity (Wildman–Crippen MR) is 68.4 cm³/mol. The molecule has 2 heterocycles. The number of carbonyl (C=O) groups excluding carboxylic acids is 1. The lowest BCUT2D eigenvalue weighted by molar-refractivity contribution is -0.162. The van der Waals surface area contributed by atoms with Crippen LogP contribution in [-0.4, -0.2) is 59.5 Å². The quantitative estimate of drug-likeness (QED) is 0.757. The Balaban J connectivity index is 1.63. The standard InChI is InChI=1S/C14H23NO4/c1-13(4-2-3-5-19-13)12(18)15-6-10-11(7-15)14(10,8-16)9-17/h10-11,16-17H,2-9H2,1H3. The minimum absolute atomic E-state index is 0.0225. The Labute approximate surface area is 113 Å². The molecular formula is C14H23NO4. The number of amides is 1. The number of nitrogens with zero attached hydrogens (tertiary/aromatic N) is 1. The fourth-order valence-electron chi connectivity index (χ4n) is 3.96. The first-order valence-electron chi connectivity index (χ1n) is 7.22. The summed E-state index contributed by atoms with van der Waals surface area (Å²) in [6, 6.07) is 0. The third-order valence-electron chi connectivity index (χ3n) is 5.48. The Morgan fingerprint density at radius 3 is 2.37 bits per heavy atom. The summed E-state index contributed by atoms with van der Waals surface area (Å²) in [6.45, 7) is 3.92. The lowest BCUT2D eigenvalue weighted by atomic mass is 9.93. The molecule has 0 spiro atoms. The smallest absolute Gasteiger partial charge is 0.254 e. The van der Waals surface area contributed by atoms with E-state index in [4.69, 9.17) is 4.74 Å². The average Bonchev–Trinajstić information content (AvgIpc) is 2.81. The molecule has 19 heavy (non-hydrogen) atoms. The van der Waals surface area contributed by atoms with E-state index in [1.54, 1.807) is 0 Å². The van der Waals surface area contributed by atoms with Gasteiger partial charge in [-0.05, 0) is 38.0 Å². The van der Waals surface area contributed by atoms with Crippen LogP contribution in [0.25, 0.3) is 0 Å². The van der Waals surface area contributed by atoms with Crippen LogP contribution in [0.5, 0.6) is 0 Å². The second-order valence-electron chi connectivity index (χ2n) is 6.51. The molecule has 0 radical (unpaired) electrons. The van der Waals surface area contributed by atoms with Gasteiger partial charge >= 0.3 is 0 Å². The SMILES string of the molecule is CC1(C(=O)N2CC3C(C2)C3(CO)CO)CCCCO1. The van der Waals surface area contributed by atoms with Gasteiger partial charge in [-0.25, -0.2) is 0 Å². The normalized spacial score (nSPS) is 40.1. The molecule has 0 bridgehead atoms. The summed E-state index contributed by atoms with van der Waals surface area (Å²) in [6.07, 6.45) is 2.87. The molecular weight excluding hydrogens is 246 g/mol. The average molecular weight is 269 g/mol. The Kier molecular flexibility index (Phi) is 3.11. The molecule has 0 aromatic heterocycles. The Hall–Kier alpha value is -0.650. The van der Waals surface area contributed by atoms with Crippen LogP contribution in [0.4, 0.5) is 0 Å². The van der Waals surface area contributed by atoms with E-state index in [2.05, 4.69) is 0 Å². The number of ether oxygens (including phenoxy) is 1. The van der Waals surface area contributed by atoms with E-state index in [-0.39, 0.29) is 36.4 Å². The van der Waals surface area contributed by atoms with Crippen molar-refractivity contribution in [2.45, 2.75) is 31.8 Å². The zero-order valence-corrected chi connectivity index (χ0v) is 11.5. The van der Waals surface area contributed by atoms with Crippen molar-refractivity contribution in [2.75, 3.05) is 32.9 Å². The largest absolute Gasteiger partial charge is 0.396 e. The molecule has 1 amide bonds. The summed E-state index contributed by atoms with van der Waals surface area (Å²) in [5.41, 5.74) is -0.985. The van der Waals surface area contributed by atoms with Crippen LogP contribution >= 0.6 is 0 Å². The number of fused-ring (bicyclic) bond motifs is 1. The second-order valence-corrected chi connectivity index (χ2v) is 6.51. The van der Waals surface area contributed by atoms with Crippen LogP contribution in [0.2, 0.25) is 0 Å². The Morgan fingerprint density at radius 1 is 1.26 bits per heavy atom. The monoisotopic (exact) mass is 269 g/mol. The van der Waals surface area contributed by atoms with Crippen LogP contribution in [0.3, 0.4) is 0 Å². The first-order chi connectivity index (χ1) is 9.07. The number of aliphatic hydroxyl groups excluding tert-OH is 2. The van der Waals surface area contributed by atoms with Gasteiger partial charge in [0, 0.05) is 25.1 Å². The van der Waals surface area contributed by atoms with Crippen molar-refractivity contribution in [3.63, 3.8) is 0 Å². The summed E-state index contributed by atoms with van der Waals surface area (Å²) in [7, 11) is 0. The van der Waals surface area contributed by atoms with Crippen molar-refractivity contribution in [2.24, 2.45) is 17.3 Å². The highest BCUT2D eigenvalue weighted by molar-refractivity contribution is 5.85. The molecule has 5 heteroatoms. The van der Waals surface area contributed by atoms with Crippen LogP contribution < -0.4 is 0 Å². The van der Waals surface area contributed by atoms with Gasteiger partial charge in [-0.2, -0.15) is 0 Å². The van der Waals surface area contributed by atoms with E-state index in [1.807, 2.05) is 11.8 Å². The number of likely N-dealkylation sites (tertiary alicyclic amines) is 1. The van der Waals surface area contributed by atoms with Crippen molar-refractivity contribution in [1.82, 2.24) is 4.90 Å². The number of carbonyl (C=O) groups is 1. The van der Waals surface area contributed by atoms with Crippen LogP contribution in [0.15, 0.2) is 0 Å². The maximum atomic E-state index is 12.6. The molecule has 0 aromatic carbocycles. The molecule has 2 saturated heterocycles. The topological polar surface area (TPSA) is 70.0 Å². The fraction of sp³-hybridized carbons (Fsp3) is 0.929. The van der Waals surface area contributed by atoms with E-state index in [0.29, 0.717) is 19.7 Å². The van der Waals surface area contributed by atoms with Gasteiger partial charge in [0.25, 0.3) is 5.91 Å². The summed E-state index contributed by atoms with van der Waals surface area (Å²) in [5, 5.41) is 18.8. The van der Waals surface area contributed by atoms with Crippen molar-refractivity contribution < 1.29 is 19.7 Å². The van der Waals surface area contributed by atoms with Gasteiger partial charge in [0.15, 0.2) is 0 Å². The number of hydrogen-bond acceptors (Lipinski definition) is 4. The Morgan fingerprint density at radius 2 is 1.89 bits per heavy atom. The lowest BCUT2D eigenvalue weighted by Crippen LogP contribution is -2.51. The predicted octanol–water partition coefficient (Wildman–Crippen LogP) is 0.00480. The molecule has 3 unspecified atom stereocenters. The van der Waals surface area contributed by atoms with Gasteiger partial charge in [0.05, 0.1) is 13.2 Å². The molecule has 3 aliphatic rings. The molecule has 5 nitrogen and oxygen atoms in total. The number of aliphatic hydroxyl groups is 2. The zero-order valence-electron chi connectivity index (χ0n) is 11.5. The van der Waals surface area contributed by atoms with E-state index in [0.717, 1.165) is 19.3 Å². The summed E-state index contributed by atoms with van der Waals surface area (Å²) in [5.74, 6) is 0.612. The summed E-state index contributed by atoms with van der Waals surface area (Å²) < 4.78 is 5.70. The lowest BCUT2D eigenvalue weighted by Gasteiger charge is -2.37. The highest BCUT2D eigenvalue weighted by atomic mass is 16.5. The molecule has 108 valence electrons. The van der Waals surface area contributed by atoms with Gasteiger partial charge in [0.2, 0.25) is 0 Å². The molecule has 1 saturated carbocycles. The van der Waals surface area contributed by atoms with Crippen molar-refractivity contribution in [1.29, 1.82) is 0 Å². The zero-order chi connectivity index (χ0) is 13.7. The Bertz CT molecular complexity index is 360. The fourth-order valence-corrected chi connectivity index (χ4v) is 3.96. The molecule has 3 rings (SSSR count). The maximum Gasteiger partial charge on any atom is 0.254 e. The van der Waals surface area contributed by atoms with Crippen LogP contribution in [0.1, 0.15) is 26.2 Å². The number of hydrogen-bond donors (Lipinski definition) is 2. The maximum absolute atomic E-state index is 12.6. The third kappa shape index (κ3) is 1.82. The first kappa shape index (κ1) is 13.3. The van der Waals surface area contributed by atoms with E-state index >= 15 is 0 Å². The minimum atomic E-state index is -0.657. The van der Waals surface area contributed by atoms with Crippen molar-refractivity contribution >= 4 is 5.91 Å². The van der Waals surface area contributed by atoms with E-state index in [1.165, 1.54) is 0 Å². The molecule has 2 aliphatic heterocycles. The van der Waals surface area contributed by atoms with Crippen LogP contribution in [-0.2, 0) is 9.53 Å². The van der Waals surface area contributed by atoms with Crippen molar-refractivity contribution in [3.8, 4) is 0 Å². The number of piperidine rings is 1.